The van der Waals surface area contributed by atoms with Crippen LogP contribution in [0.4, 0.5) is 23.2 Å². The third-order valence-electron chi connectivity index (χ3n) is 6.10. The second-order valence-corrected chi connectivity index (χ2v) is 11.8. The number of carboxylic acids is 1. The number of fused-ring (bicyclic) bond motifs is 1. The van der Waals surface area contributed by atoms with Crippen molar-refractivity contribution in [3.05, 3.63) is 76.2 Å². The first-order valence-electron chi connectivity index (χ1n) is 12.6. The molecule has 1 aliphatic heterocycles. The van der Waals surface area contributed by atoms with Crippen molar-refractivity contribution >= 4 is 45.4 Å². The van der Waals surface area contributed by atoms with E-state index in [1.54, 1.807) is 19.9 Å². The number of carbonyl (C=O) groups is 1. The number of anilines is 1. The monoisotopic (exact) mass is 628 g/mol. The second-order valence-electron chi connectivity index (χ2n) is 9.60. The quantitative estimate of drug-likeness (QED) is 0.208. The Bertz CT molecular complexity index is 1610. The van der Waals surface area contributed by atoms with Gasteiger partial charge in [-0.1, -0.05) is 29.8 Å². The summed E-state index contributed by atoms with van der Waals surface area (Å²) in [7, 11) is -4.79. The number of aromatic nitrogens is 1. The van der Waals surface area contributed by atoms with Crippen LogP contribution in [-0.2, 0) is 21.0 Å². The number of nitrogens with zero attached hydrogens (tertiary/aromatic N) is 2. The molecule has 1 atom stereocenters. The third kappa shape index (κ3) is 6.96. The minimum Gasteiger partial charge on any atom is -0.486 e. The van der Waals surface area contributed by atoms with Crippen LogP contribution in [-0.4, -0.2) is 43.2 Å². The molecule has 0 amide bonds. The van der Waals surface area contributed by atoms with E-state index in [9.17, 15) is 30.8 Å². The molecule has 8 nitrogen and oxygen atoms in total. The molecule has 0 spiro atoms. The SMILES string of the molecule is CC(C)Oc1ncc(C(F)(F)F)cc1S(=O)(=O)N1C[C@H](CCC(=O)O)Oc2ccc(/C=C/c3c(F)cccc3Cl)cc21. The fourth-order valence-electron chi connectivity index (χ4n) is 4.15. The average molecular weight is 629 g/mol. The third-order valence-corrected chi connectivity index (χ3v) is 8.20. The van der Waals surface area contributed by atoms with Crippen molar-refractivity contribution in [2.75, 3.05) is 10.8 Å². The summed E-state index contributed by atoms with van der Waals surface area (Å²) >= 11 is 6.09. The highest BCUT2D eigenvalue weighted by atomic mass is 35.5. The van der Waals surface area contributed by atoms with Crippen LogP contribution in [0, 0.1) is 5.82 Å². The van der Waals surface area contributed by atoms with E-state index < -0.39 is 63.1 Å². The molecule has 0 radical (unpaired) electrons. The molecule has 224 valence electrons. The second kappa shape index (κ2) is 12.2. The van der Waals surface area contributed by atoms with Gasteiger partial charge in [0.25, 0.3) is 10.0 Å². The molecule has 2 heterocycles. The molecular formula is C28H25ClF4N2O6S. The summed E-state index contributed by atoms with van der Waals surface area (Å²) in [5.74, 6) is -2.20. The molecule has 0 saturated heterocycles. The number of carboxylic acid groups (broad SMARTS) is 1. The molecule has 1 N–H and O–H groups in total. The van der Waals surface area contributed by atoms with Gasteiger partial charge in [0.1, 0.15) is 17.7 Å². The smallest absolute Gasteiger partial charge is 0.417 e. The molecule has 3 aromatic rings. The highest BCUT2D eigenvalue weighted by molar-refractivity contribution is 7.93. The summed E-state index contributed by atoms with van der Waals surface area (Å²) < 4.78 is 95.4. The number of aliphatic carboxylic acids is 1. The zero-order chi connectivity index (χ0) is 30.8. The van der Waals surface area contributed by atoms with Crippen molar-refractivity contribution in [1.82, 2.24) is 4.98 Å². The highest BCUT2D eigenvalue weighted by Gasteiger charge is 2.40. The Hall–Kier alpha value is -3.84. The number of sulfonamides is 1. The van der Waals surface area contributed by atoms with Gasteiger partial charge in [0, 0.05) is 18.2 Å². The molecule has 2 aromatic carbocycles. The lowest BCUT2D eigenvalue weighted by Crippen LogP contribution is -2.44. The lowest BCUT2D eigenvalue weighted by atomic mass is 10.1. The van der Waals surface area contributed by atoms with Crippen LogP contribution >= 0.6 is 11.6 Å². The van der Waals surface area contributed by atoms with Gasteiger partial charge in [-0.05, 0) is 62.2 Å². The van der Waals surface area contributed by atoms with Gasteiger partial charge in [0.15, 0.2) is 4.90 Å². The minimum absolute atomic E-state index is 0.0312. The molecule has 42 heavy (non-hydrogen) atoms. The molecule has 4 rings (SSSR count). The fraction of sp³-hybridized carbons (Fsp3) is 0.286. The number of rotatable bonds is 9. The van der Waals surface area contributed by atoms with Crippen molar-refractivity contribution in [3.8, 4) is 11.6 Å². The summed E-state index contributed by atoms with van der Waals surface area (Å²) in [5.41, 5.74) is -0.846. The Morgan fingerprint density at radius 2 is 1.98 bits per heavy atom. The first kappa shape index (κ1) is 31.1. The maximum atomic E-state index is 14.3. The summed E-state index contributed by atoms with van der Waals surface area (Å²) in [6.07, 6.45) is -3.52. The van der Waals surface area contributed by atoms with Gasteiger partial charge < -0.3 is 14.6 Å². The van der Waals surface area contributed by atoms with Crippen molar-refractivity contribution < 1.29 is 45.4 Å². The Morgan fingerprint density at radius 3 is 2.62 bits per heavy atom. The molecular weight excluding hydrogens is 604 g/mol. The standard InChI is InChI=1S/C28H25ClF4N2O6S/c1-16(2)40-27-25(13-18(14-34-27)28(31,32)33)42(38,39)35-15-19(8-11-26(36)37)41-24-10-7-17(12-23(24)35)6-9-20-21(29)4-3-5-22(20)30/h3-7,9-10,12-14,16,19H,8,11,15H2,1-2H3,(H,36,37)/b9-6+/t19-/m0/s1. The summed E-state index contributed by atoms with van der Waals surface area (Å²) in [6.45, 7) is 2.70. The Morgan fingerprint density at radius 1 is 1.24 bits per heavy atom. The average Bonchev–Trinajstić information content (AvgIpc) is 2.90. The molecule has 0 aliphatic carbocycles. The number of benzene rings is 2. The number of pyridine rings is 1. The van der Waals surface area contributed by atoms with E-state index in [4.69, 9.17) is 26.2 Å². The lowest BCUT2D eigenvalue weighted by Gasteiger charge is -2.36. The predicted molar refractivity (Wildman–Crippen MR) is 148 cm³/mol. The van der Waals surface area contributed by atoms with Gasteiger partial charge in [-0.15, -0.1) is 0 Å². The van der Waals surface area contributed by atoms with E-state index in [0.717, 1.165) is 4.31 Å². The number of hydrogen-bond acceptors (Lipinski definition) is 6. The van der Waals surface area contributed by atoms with Gasteiger partial charge in [-0.2, -0.15) is 13.2 Å². The van der Waals surface area contributed by atoms with Gasteiger partial charge in [0.2, 0.25) is 5.88 Å². The van der Waals surface area contributed by atoms with E-state index >= 15 is 0 Å². The lowest BCUT2D eigenvalue weighted by molar-refractivity contribution is -0.138. The Labute approximate surface area is 244 Å². The number of hydrogen-bond donors (Lipinski definition) is 1. The molecule has 0 unspecified atom stereocenters. The summed E-state index contributed by atoms with van der Waals surface area (Å²) in [4.78, 5) is 14.0. The van der Waals surface area contributed by atoms with E-state index in [1.807, 2.05) is 0 Å². The number of ether oxygens (including phenoxy) is 2. The van der Waals surface area contributed by atoms with Gasteiger partial charge in [-0.3, -0.25) is 9.10 Å². The van der Waals surface area contributed by atoms with Crippen LogP contribution in [0.2, 0.25) is 5.02 Å². The number of alkyl halides is 3. The molecule has 1 aliphatic rings. The Balaban J connectivity index is 1.84. The summed E-state index contributed by atoms with van der Waals surface area (Å²) in [6, 6.07) is 8.99. The maximum Gasteiger partial charge on any atom is 0.417 e. The highest BCUT2D eigenvalue weighted by Crippen LogP contribution is 2.41. The van der Waals surface area contributed by atoms with Crippen LogP contribution in [0.15, 0.2) is 53.6 Å². The van der Waals surface area contributed by atoms with Crippen molar-refractivity contribution in [1.29, 1.82) is 0 Å². The topological polar surface area (TPSA) is 106 Å². The normalized spacial score (nSPS) is 15.5. The molecule has 0 fully saturated rings. The molecule has 14 heteroatoms. The first-order chi connectivity index (χ1) is 19.7. The van der Waals surface area contributed by atoms with Crippen LogP contribution in [0.25, 0.3) is 12.2 Å². The van der Waals surface area contributed by atoms with E-state index in [0.29, 0.717) is 17.8 Å². The van der Waals surface area contributed by atoms with Gasteiger partial charge in [0.05, 0.1) is 28.9 Å². The van der Waals surface area contributed by atoms with E-state index in [2.05, 4.69) is 4.98 Å². The fourth-order valence-corrected chi connectivity index (χ4v) is 5.97. The molecule has 1 aromatic heterocycles. The molecule has 0 saturated carbocycles. The summed E-state index contributed by atoms with van der Waals surface area (Å²) in [5, 5.41) is 9.28. The van der Waals surface area contributed by atoms with Crippen LogP contribution < -0.4 is 13.8 Å². The Kier molecular flexibility index (Phi) is 9.02. The van der Waals surface area contributed by atoms with Gasteiger partial charge >= 0.3 is 12.1 Å². The maximum absolute atomic E-state index is 14.3. The predicted octanol–water partition coefficient (Wildman–Crippen LogP) is 6.67. The van der Waals surface area contributed by atoms with Gasteiger partial charge in [-0.25, -0.2) is 17.8 Å². The minimum atomic E-state index is -4.90. The van der Waals surface area contributed by atoms with E-state index in [-0.39, 0.29) is 34.9 Å². The van der Waals surface area contributed by atoms with Crippen LogP contribution in [0.3, 0.4) is 0 Å². The van der Waals surface area contributed by atoms with Crippen molar-refractivity contribution in [2.45, 2.75) is 50.0 Å². The largest absolute Gasteiger partial charge is 0.486 e. The zero-order valence-corrected chi connectivity index (χ0v) is 23.8. The van der Waals surface area contributed by atoms with Crippen LogP contribution in [0.5, 0.6) is 11.6 Å². The van der Waals surface area contributed by atoms with Crippen molar-refractivity contribution in [3.63, 3.8) is 0 Å². The van der Waals surface area contributed by atoms with Crippen LogP contribution in [0.1, 0.15) is 43.4 Å². The zero-order valence-electron chi connectivity index (χ0n) is 22.2. The first-order valence-corrected chi connectivity index (χ1v) is 14.4. The van der Waals surface area contributed by atoms with E-state index in [1.165, 1.54) is 42.5 Å². The molecule has 0 bridgehead atoms. The van der Waals surface area contributed by atoms with Crippen molar-refractivity contribution in [2.24, 2.45) is 0 Å². The number of halogens is 5.